The summed E-state index contributed by atoms with van der Waals surface area (Å²) in [5, 5.41) is 0. The highest BCUT2D eigenvalue weighted by atomic mass is 32.2. The van der Waals surface area contributed by atoms with Crippen molar-refractivity contribution >= 4 is 49.0 Å². The van der Waals surface area contributed by atoms with Crippen molar-refractivity contribution in [2.24, 2.45) is 0 Å². The van der Waals surface area contributed by atoms with Crippen LogP contribution in [0.1, 0.15) is 6.42 Å². The van der Waals surface area contributed by atoms with Gasteiger partial charge < -0.3 is 0 Å². The van der Waals surface area contributed by atoms with Gasteiger partial charge in [-0.05, 0) is 30.7 Å². The maximum Gasteiger partial charge on any atom is 0.232 e. The maximum atomic E-state index is 13.6. The van der Waals surface area contributed by atoms with Crippen LogP contribution in [0.25, 0.3) is 10.2 Å². The summed E-state index contributed by atoms with van der Waals surface area (Å²) < 4.78 is 67.4. The summed E-state index contributed by atoms with van der Waals surface area (Å²) in [4.78, 5) is 4.43. The molecule has 138 valence electrons. The van der Waals surface area contributed by atoms with Gasteiger partial charge in [0.05, 0.1) is 21.7 Å². The average molecular weight is 418 g/mol. The third kappa shape index (κ3) is 4.49. The number of para-hydroxylation sites is 1. The van der Waals surface area contributed by atoms with Crippen LogP contribution in [0.4, 0.5) is 18.9 Å². The standard InChI is InChI=1S/C16H13F3N2O2S3/c17-10-6-7-12(15(19)14(10)18)21-26(22,23)9-3-8-24-16-20-11-4-1-2-5-13(11)25-16/h1-2,4-7,21H,3,8-9H2. The van der Waals surface area contributed by atoms with Crippen LogP contribution in [0.15, 0.2) is 40.7 Å². The Bertz CT molecular complexity index is 1010. The van der Waals surface area contributed by atoms with E-state index in [1.807, 2.05) is 29.0 Å². The molecule has 3 rings (SSSR count). The predicted molar refractivity (Wildman–Crippen MR) is 98.7 cm³/mol. The number of aromatic nitrogens is 1. The highest BCUT2D eigenvalue weighted by Crippen LogP contribution is 2.29. The zero-order valence-electron chi connectivity index (χ0n) is 13.2. The smallest absolute Gasteiger partial charge is 0.232 e. The molecule has 0 unspecified atom stereocenters. The van der Waals surface area contributed by atoms with Crippen molar-refractivity contribution in [2.75, 3.05) is 16.2 Å². The van der Waals surface area contributed by atoms with E-state index in [0.29, 0.717) is 18.2 Å². The van der Waals surface area contributed by atoms with Gasteiger partial charge in [0.15, 0.2) is 21.8 Å². The van der Waals surface area contributed by atoms with E-state index in [4.69, 9.17) is 0 Å². The van der Waals surface area contributed by atoms with Crippen molar-refractivity contribution < 1.29 is 21.6 Å². The molecule has 2 aromatic carbocycles. The quantitative estimate of drug-likeness (QED) is 0.345. The first kappa shape index (κ1) is 19.0. The lowest BCUT2D eigenvalue weighted by atomic mass is 10.3. The second-order valence-electron chi connectivity index (χ2n) is 5.29. The molecule has 0 amide bonds. The first-order valence-electron chi connectivity index (χ1n) is 7.48. The Morgan fingerprint density at radius 2 is 1.85 bits per heavy atom. The van der Waals surface area contributed by atoms with Crippen molar-refractivity contribution in [1.82, 2.24) is 4.98 Å². The fourth-order valence-corrected chi connectivity index (χ4v) is 5.52. The number of nitrogens with one attached hydrogen (secondary N) is 1. The van der Waals surface area contributed by atoms with Crippen LogP contribution in [-0.2, 0) is 10.0 Å². The molecule has 0 saturated heterocycles. The average Bonchev–Trinajstić information content (AvgIpc) is 3.02. The molecular weight excluding hydrogens is 405 g/mol. The number of hydrogen-bond acceptors (Lipinski definition) is 5. The summed E-state index contributed by atoms with van der Waals surface area (Å²) in [6.07, 6.45) is 0.293. The third-order valence-corrected chi connectivity index (χ3v) is 6.98. The van der Waals surface area contributed by atoms with Gasteiger partial charge in [0.1, 0.15) is 0 Å². The summed E-state index contributed by atoms with van der Waals surface area (Å²) >= 11 is 2.95. The number of anilines is 1. The third-order valence-electron chi connectivity index (χ3n) is 3.36. The summed E-state index contributed by atoms with van der Waals surface area (Å²) in [6, 6.07) is 9.19. The van der Waals surface area contributed by atoms with Crippen LogP contribution in [0.5, 0.6) is 0 Å². The first-order valence-corrected chi connectivity index (χ1v) is 10.9. The summed E-state index contributed by atoms with van der Waals surface area (Å²) in [5.41, 5.74) is 0.283. The molecule has 0 saturated carbocycles. The molecule has 0 spiro atoms. The highest BCUT2D eigenvalue weighted by molar-refractivity contribution is 8.01. The van der Waals surface area contributed by atoms with E-state index in [1.54, 1.807) is 0 Å². The van der Waals surface area contributed by atoms with E-state index < -0.39 is 33.2 Å². The number of nitrogens with zero attached hydrogens (tertiary/aromatic N) is 1. The molecule has 4 nitrogen and oxygen atoms in total. The number of halogens is 3. The molecule has 0 aliphatic heterocycles. The molecule has 0 atom stereocenters. The van der Waals surface area contributed by atoms with E-state index in [1.165, 1.54) is 23.1 Å². The van der Waals surface area contributed by atoms with Crippen LogP contribution in [0, 0.1) is 17.5 Å². The number of sulfonamides is 1. The largest absolute Gasteiger partial charge is 0.280 e. The van der Waals surface area contributed by atoms with Crippen molar-refractivity contribution in [2.45, 2.75) is 10.8 Å². The second kappa shape index (κ2) is 7.85. The van der Waals surface area contributed by atoms with Gasteiger partial charge in [0, 0.05) is 5.75 Å². The van der Waals surface area contributed by atoms with Crippen LogP contribution < -0.4 is 4.72 Å². The van der Waals surface area contributed by atoms with E-state index in [2.05, 4.69) is 4.98 Å². The van der Waals surface area contributed by atoms with Gasteiger partial charge in [-0.1, -0.05) is 23.9 Å². The second-order valence-corrected chi connectivity index (χ2v) is 9.51. The van der Waals surface area contributed by atoms with Gasteiger partial charge in [-0.3, -0.25) is 4.72 Å². The first-order chi connectivity index (χ1) is 12.4. The van der Waals surface area contributed by atoms with Crippen LogP contribution in [-0.4, -0.2) is 24.9 Å². The molecule has 1 aromatic heterocycles. The lowest BCUT2D eigenvalue weighted by Crippen LogP contribution is -2.18. The number of thioether (sulfide) groups is 1. The Kier molecular flexibility index (Phi) is 5.73. The van der Waals surface area contributed by atoms with Gasteiger partial charge in [-0.15, -0.1) is 11.3 Å². The highest BCUT2D eigenvalue weighted by Gasteiger charge is 2.18. The van der Waals surface area contributed by atoms with E-state index in [9.17, 15) is 21.6 Å². The molecule has 26 heavy (non-hydrogen) atoms. The fraction of sp³-hybridized carbons (Fsp3) is 0.188. The molecule has 0 bridgehead atoms. The minimum absolute atomic E-state index is 0.274. The molecular formula is C16H13F3N2O2S3. The summed E-state index contributed by atoms with van der Waals surface area (Å²) in [5.74, 6) is -4.42. The molecule has 0 radical (unpaired) electrons. The minimum Gasteiger partial charge on any atom is -0.280 e. The van der Waals surface area contributed by atoms with E-state index in [0.717, 1.165) is 20.6 Å². The topological polar surface area (TPSA) is 59.1 Å². The van der Waals surface area contributed by atoms with Crippen LogP contribution in [0.2, 0.25) is 0 Å². The van der Waals surface area contributed by atoms with Crippen molar-refractivity contribution in [3.05, 3.63) is 53.8 Å². The Labute approximate surface area is 156 Å². The molecule has 0 aliphatic carbocycles. The lowest BCUT2D eigenvalue weighted by molar-refractivity contribution is 0.449. The maximum absolute atomic E-state index is 13.6. The summed E-state index contributed by atoms with van der Waals surface area (Å²) in [7, 11) is -3.88. The van der Waals surface area contributed by atoms with Gasteiger partial charge in [0.25, 0.3) is 0 Å². The van der Waals surface area contributed by atoms with Gasteiger partial charge in [-0.2, -0.15) is 0 Å². The SMILES string of the molecule is O=S(=O)(CCCSc1nc2ccccc2s1)Nc1ccc(F)c(F)c1F. The van der Waals surface area contributed by atoms with Gasteiger partial charge >= 0.3 is 0 Å². The van der Waals surface area contributed by atoms with Crippen molar-refractivity contribution in [1.29, 1.82) is 0 Å². The monoisotopic (exact) mass is 418 g/mol. The Balaban J connectivity index is 1.54. The number of benzene rings is 2. The molecule has 0 aliphatic rings. The molecule has 3 aromatic rings. The van der Waals surface area contributed by atoms with Crippen molar-refractivity contribution in [3.63, 3.8) is 0 Å². The number of rotatable bonds is 7. The van der Waals surface area contributed by atoms with Gasteiger partial charge in [-0.25, -0.2) is 26.6 Å². The summed E-state index contributed by atoms with van der Waals surface area (Å²) in [6.45, 7) is 0. The van der Waals surface area contributed by atoms with Crippen molar-refractivity contribution in [3.8, 4) is 0 Å². The minimum atomic E-state index is -3.88. The number of fused-ring (bicyclic) bond motifs is 1. The van der Waals surface area contributed by atoms with Crippen LogP contribution in [0.3, 0.4) is 0 Å². The zero-order chi connectivity index (χ0) is 18.7. The zero-order valence-corrected chi connectivity index (χ0v) is 15.7. The molecule has 0 fully saturated rings. The fourth-order valence-electron chi connectivity index (χ4n) is 2.14. The van der Waals surface area contributed by atoms with Crippen LogP contribution >= 0.6 is 23.1 Å². The Morgan fingerprint density at radius 3 is 2.62 bits per heavy atom. The lowest BCUT2D eigenvalue weighted by Gasteiger charge is -2.09. The van der Waals surface area contributed by atoms with E-state index in [-0.39, 0.29) is 5.75 Å². The van der Waals surface area contributed by atoms with Gasteiger partial charge in [0.2, 0.25) is 10.0 Å². The normalized spacial score (nSPS) is 11.8. The molecule has 1 heterocycles. The Hall–Kier alpha value is -1.78. The predicted octanol–water partition coefficient (Wildman–Crippen LogP) is 4.64. The molecule has 10 heteroatoms. The number of hydrogen-bond donors (Lipinski definition) is 1. The van der Waals surface area contributed by atoms with E-state index >= 15 is 0 Å². The number of thiazole rings is 1. The Morgan fingerprint density at radius 1 is 1.08 bits per heavy atom. The molecule has 1 N–H and O–H groups in total.